The van der Waals surface area contributed by atoms with Crippen molar-refractivity contribution in [2.45, 2.75) is 50.9 Å². The van der Waals surface area contributed by atoms with Gasteiger partial charge in [-0.25, -0.2) is 13.8 Å². The van der Waals surface area contributed by atoms with Gasteiger partial charge < -0.3 is 9.64 Å². The standard InChI is InChI=1S/C25H25ClF2N4O/c1-14-15(2)29-23-20-19(14)21(28)22(26)30-24(20)33-11-18-17-8-9-25(12-27,13-31(18)23)32(17)10-16-6-4-3-5-7-16/h3-7,17-18H,8-13H2,1-2H3/t17-,18+,25-/m0/s1. The molecule has 8 heteroatoms. The van der Waals surface area contributed by atoms with Gasteiger partial charge in [0.1, 0.15) is 19.1 Å². The largest absolute Gasteiger partial charge is 0.475 e. The van der Waals surface area contributed by atoms with E-state index in [1.54, 1.807) is 0 Å². The van der Waals surface area contributed by atoms with E-state index in [2.05, 4.69) is 26.9 Å². The smallest absolute Gasteiger partial charge is 0.226 e. The SMILES string of the molecule is Cc1nc2c3c(nc(Cl)c(F)c3c1C)OC[C@@H]1[C@@H]3CC[C@](CF)(CN21)N3Cc1ccccc1. The first-order valence-corrected chi connectivity index (χ1v) is 11.7. The molecule has 3 aliphatic rings. The molecule has 0 spiro atoms. The molecule has 33 heavy (non-hydrogen) atoms. The molecule has 172 valence electrons. The van der Waals surface area contributed by atoms with Gasteiger partial charge in [0.15, 0.2) is 11.0 Å². The topological polar surface area (TPSA) is 41.5 Å². The lowest BCUT2D eigenvalue weighted by Gasteiger charge is -2.52. The maximum absolute atomic E-state index is 15.2. The third kappa shape index (κ3) is 2.98. The van der Waals surface area contributed by atoms with Gasteiger partial charge in [-0.1, -0.05) is 41.9 Å². The van der Waals surface area contributed by atoms with Crippen LogP contribution in [0.15, 0.2) is 30.3 Å². The molecule has 3 atom stereocenters. The minimum atomic E-state index is -0.618. The fourth-order valence-corrected chi connectivity index (χ4v) is 6.16. The first kappa shape index (κ1) is 21.1. The molecule has 2 fully saturated rings. The van der Waals surface area contributed by atoms with E-state index in [0.29, 0.717) is 47.7 Å². The van der Waals surface area contributed by atoms with E-state index in [4.69, 9.17) is 21.3 Å². The summed E-state index contributed by atoms with van der Waals surface area (Å²) in [4.78, 5) is 13.6. The molecule has 5 heterocycles. The number of anilines is 1. The number of aryl methyl sites for hydroxylation is 2. The van der Waals surface area contributed by atoms with Crippen LogP contribution >= 0.6 is 11.6 Å². The van der Waals surface area contributed by atoms with Crippen LogP contribution in [0, 0.1) is 19.7 Å². The zero-order chi connectivity index (χ0) is 22.9. The molecule has 0 unspecified atom stereocenters. The van der Waals surface area contributed by atoms with E-state index >= 15 is 4.39 Å². The first-order chi connectivity index (χ1) is 15.9. The van der Waals surface area contributed by atoms with Crippen molar-refractivity contribution in [2.24, 2.45) is 0 Å². The molecule has 5 nitrogen and oxygen atoms in total. The highest BCUT2D eigenvalue weighted by Crippen LogP contribution is 2.49. The van der Waals surface area contributed by atoms with Gasteiger partial charge in [0.05, 0.1) is 17.0 Å². The highest BCUT2D eigenvalue weighted by atomic mass is 35.5. The summed E-state index contributed by atoms with van der Waals surface area (Å²) in [6, 6.07) is 10.2. The number of alkyl halides is 1. The third-order valence-corrected chi connectivity index (χ3v) is 8.06. The van der Waals surface area contributed by atoms with Crippen molar-refractivity contribution in [3.8, 4) is 5.88 Å². The molecule has 3 aliphatic heterocycles. The van der Waals surface area contributed by atoms with Gasteiger partial charge in [0.2, 0.25) is 5.88 Å². The Bertz CT molecular complexity index is 1250. The number of hydrogen-bond acceptors (Lipinski definition) is 5. The zero-order valence-electron chi connectivity index (χ0n) is 18.6. The average molecular weight is 471 g/mol. The molecular weight excluding hydrogens is 446 g/mol. The van der Waals surface area contributed by atoms with Crippen molar-refractivity contribution in [1.82, 2.24) is 14.9 Å². The van der Waals surface area contributed by atoms with Crippen LogP contribution in [0.3, 0.4) is 0 Å². The summed E-state index contributed by atoms with van der Waals surface area (Å²) in [6.07, 6.45) is 1.64. The molecule has 2 saturated heterocycles. The number of rotatable bonds is 3. The van der Waals surface area contributed by atoms with Crippen LogP contribution in [0.1, 0.15) is 29.7 Å². The van der Waals surface area contributed by atoms with Crippen molar-refractivity contribution in [1.29, 1.82) is 0 Å². The molecule has 0 saturated carbocycles. The summed E-state index contributed by atoms with van der Waals surface area (Å²) in [7, 11) is 0. The number of aromatic nitrogens is 2. The molecule has 2 bridgehead atoms. The van der Waals surface area contributed by atoms with Gasteiger partial charge in [0.25, 0.3) is 0 Å². The van der Waals surface area contributed by atoms with Crippen molar-refractivity contribution < 1.29 is 13.5 Å². The number of nitrogens with zero attached hydrogens (tertiary/aromatic N) is 4. The van der Waals surface area contributed by atoms with Gasteiger partial charge in [0, 0.05) is 30.2 Å². The van der Waals surface area contributed by atoms with Crippen LogP contribution < -0.4 is 9.64 Å². The Labute approximate surface area is 196 Å². The Hall–Kier alpha value is -2.51. The summed E-state index contributed by atoms with van der Waals surface area (Å²) in [5, 5.41) is 0.721. The van der Waals surface area contributed by atoms with Gasteiger partial charge in [-0.2, -0.15) is 4.98 Å². The Morgan fingerprint density at radius 1 is 1.15 bits per heavy atom. The molecule has 0 aliphatic carbocycles. The van der Waals surface area contributed by atoms with Crippen LogP contribution in [0.25, 0.3) is 10.8 Å². The van der Waals surface area contributed by atoms with Gasteiger partial charge in [-0.15, -0.1) is 0 Å². The number of piperazine rings is 1. The van der Waals surface area contributed by atoms with Crippen molar-refractivity contribution in [3.05, 3.63) is 58.1 Å². The zero-order valence-corrected chi connectivity index (χ0v) is 19.4. The minimum Gasteiger partial charge on any atom is -0.475 e. The van der Waals surface area contributed by atoms with E-state index in [-0.39, 0.29) is 17.2 Å². The number of ether oxygens (including phenoxy) is 1. The summed E-state index contributed by atoms with van der Waals surface area (Å²) in [5.41, 5.74) is 1.98. The van der Waals surface area contributed by atoms with Crippen LogP contribution in [0.4, 0.5) is 14.6 Å². The highest BCUT2D eigenvalue weighted by molar-refractivity contribution is 6.30. The van der Waals surface area contributed by atoms with Crippen molar-refractivity contribution in [3.63, 3.8) is 0 Å². The third-order valence-electron chi connectivity index (χ3n) is 7.81. The quantitative estimate of drug-likeness (QED) is 0.504. The van der Waals surface area contributed by atoms with Crippen molar-refractivity contribution in [2.75, 3.05) is 24.7 Å². The predicted molar refractivity (Wildman–Crippen MR) is 124 cm³/mol. The molecule has 0 N–H and O–H groups in total. The first-order valence-electron chi connectivity index (χ1n) is 11.4. The monoisotopic (exact) mass is 470 g/mol. The maximum atomic E-state index is 15.2. The molecule has 0 amide bonds. The molecule has 6 rings (SSSR count). The lowest BCUT2D eigenvalue weighted by atomic mass is 9.93. The van der Waals surface area contributed by atoms with E-state index in [9.17, 15) is 4.39 Å². The maximum Gasteiger partial charge on any atom is 0.226 e. The van der Waals surface area contributed by atoms with Gasteiger partial charge in [-0.05, 0) is 37.8 Å². The molecule has 0 radical (unpaired) electrons. The molecule has 1 aromatic carbocycles. The Morgan fingerprint density at radius 3 is 2.70 bits per heavy atom. The number of fused-ring (bicyclic) bond motifs is 5. The van der Waals surface area contributed by atoms with Crippen LogP contribution in [0.5, 0.6) is 5.88 Å². The summed E-state index contributed by atoms with van der Waals surface area (Å²) >= 11 is 6.14. The Kier molecular flexibility index (Phi) is 4.79. The summed E-state index contributed by atoms with van der Waals surface area (Å²) < 4.78 is 36.1. The van der Waals surface area contributed by atoms with E-state index in [1.807, 2.05) is 32.0 Å². The number of hydrogen-bond donors (Lipinski definition) is 0. The Balaban J connectivity index is 1.50. The van der Waals surface area contributed by atoms with E-state index in [1.165, 1.54) is 0 Å². The molecule has 3 aromatic rings. The number of pyridine rings is 2. The lowest BCUT2D eigenvalue weighted by molar-refractivity contribution is 0.0231. The molecular formula is C25H25ClF2N4O. The number of halogens is 3. The number of benzene rings is 1. The van der Waals surface area contributed by atoms with Crippen LogP contribution in [0.2, 0.25) is 5.15 Å². The van der Waals surface area contributed by atoms with E-state index in [0.717, 1.165) is 24.1 Å². The van der Waals surface area contributed by atoms with Gasteiger partial charge in [-0.3, -0.25) is 4.90 Å². The molecule has 2 aromatic heterocycles. The minimum absolute atomic E-state index is 0.0512. The fraction of sp³-hybridized carbons (Fsp3) is 0.440. The fourth-order valence-electron chi connectivity index (χ4n) is 5.99. The second-order valence-electron chi connectivity index (χ2n) is 9.50. The van der Waals surface area contributed by atoms with Crippen LogP contribution in [-0.2, 0) is 6.54 Å². The van der Waals surface area contributed by atoms with Crippen LogP contribution in [-0.4, -0.2) is 52.3 Å². The predicted octanol–water partition coefficient (Wildman–Crippen LogP) is 4.99. The Morgan fingerprint density at radius 2 is 1.94 bits per heavy atom. The van der Waals surface area contributed by atoms with Gasteiger partial charge >= 0.3 is 0 Å². The summed E-state index contributed by atoms with van der Waals surface area (Å²) in [6.45, 7) is 4.75. The van der Waals surface area contributed by atoms with Crippen molar-refractivity contribution >= 4 is 28.2 Å². The van der Waals surface area contributed by atoms with E-state index < -0.39 is 18.0 Å². The highest BCUT2D eigenvalue weighted by Gasteiger charge is 2.56. The normalized spacial score (nSPS) is 26.3. The second kappa shape index (κ2) is 7.50. The lowest BCUT2D eigenvalue weighted by Crippen LogP contribution is -2.67. The average Bonchev–Trinajstić information content (AvgIpc) is 2.97. The second-order valence-corrected chi connectivity index (χ2v) is 9.86. The summed E-state index contributed by atoms with van der Waals surface area (Å²) in [5.74, 6) is 0.363.